The number of hydrogen-bond donors (Lipinski definition) is 1. The summed E-state index contributed by atoms with van der Waals surface area (Å²) >= 11 is 12.0. The molecule has 0 unspecified atom stereocenters. The Hall–Kier alpha value is -1.32. The third-order valence-electron chi connectivity index (χ3n) is 2.78. The molecule has 100 valence electrons. The zero-order valence-corrected chi connectivity index (χ0v) is 12.4. The molecule has 0 fully saturated rings. The minimum atomic E-state index is 0.655. The van der Waals surface area contributed by atoms with Crippen molar-refractivity contribution in [1.29, 1.82) is 0 Å². The molecule has 2 rings (SSSR count). The highest BCUT2D eigenvalue weighted by molar-refractivity contribution is 6.35. The van der Waals surface area contributed by atoms with Gasteiger partial charge in [0.1, 0.15) is 5.82 Å². The van der Waals surface area contributed by atoms with E-state index in [0.717, 1.165) is 35.7 Å². The minimum absolute atomic E-state index is 0.655. The van der Waals surface area contributed by atoms with Crippen LogP contribution in [0.5, 0.6) is 0 Å². The number of rotatable bonds is 4. The van der Waals surface area contributed by atoms with Crippen LogP contribution in [0.25, 0.3) is 0 Å². The normalized spacial score (nSPS) is 10.5. The van der Waals surface area contributed by atoms with Crippen LogP contribution in [-0.4, -0.2) is 16.5 Å². The Bertz CT molecular complexity index is 585. The summed E-state index contributed by atoms with van der Waals surface area (Å²) in [5.74, 6) is 0.824. The minimum Gasteiger partial charge on any atom is -0.368 e. The van der Waals surface area contributed by atoms with Crippen molar-refractivity contribution in [1.82, 2.24) is 9.97 Å². The fourth-order valence-electron chi connectivity index (χ4n) is 1.74. The van der Waals surface area contributed by atoms with Crippen molar-refractivity contribution in [2.75, 3.05) is 11.9 Å². The molecular formula is C14H15Cl2N3. The Morgan fingerprint density at radius 2 is 2.00 bits per heavy atom. The largest absolute Gasteiger partial charge is 0.368 e. The van der Waals surface area contributed by atoms with E-state index < -0.39 is 0 Å². The fourth-order valence-corrected chi connectivity index (χ4v) is 2.25. The van der Waals surface area contributed by atoms with Gasteiger partial charge in [-0.15, -0.1) is 0 Å². The lowest BCUT2D eigenvalue weighted by molar-refractivity contribution is 0.975. The SMILES string of the molecule is Cc1cnc(C)c(NCCc2ccc(Cl)cc2Cl)n1. The Kier molecular flexibility index (Phi) is 4.61. The van der Waals surface area contributed by atoms with Gasteiger partial charge in [-0.2, -0.15) is 0 Å². The van der Waals surface area contributed by atoms with Crippen molar-refractivity contribution in [3.05, 3.63) is 51.4 Å². The quantitative estimate of drug-likeness (QED) is 0.924. The second-order valence-electron chi connectivity index (χ2n) is 4.36. The van der Waals surface area contributed by atoms with Gasteiger partial charge >= 0.3 is 0 Å². The molecule has 1 heterocycles. The van der Waals surface area contributed by atoms with Gasteiger partial charge in [-0.05, 0) is 38.0 Å². The topological polar surface area (TPSA) is 37.8 Å². The number of hydrogen-bond acceptors (Lipinski definition) is 3. The molecular weight excluding hydrogens is 281 g/mol. The summed E-state index contributed by atoms with van der Waals surface area (Å²) in [4.78, 5) is 8.68. The highest BCUT2D eigenvalue weighted by Gasteiger charge is 2.04. The van der Waals surface area contributed by atoms with Gasteiger partial charge in [0, 0.05) is 22.8 Å². The van der Waals surface area contributed by atoms with Crippen LogP contribution in [0.4, 0.5) is 5.82 Å². The van der Waals surface area contributed by atoms with Gasteiger partial charge in [0.2, 0.25) is 0 Å². The summed E-state index contributed by atoms with van der Waals surface area (Å²) in [6.45, 7) is 4.61. The molecule has 0 bridgehead atoms. The lowest BCUT2D eigenvalue weighted by atomic mass is 10.1. The van der Waals surface area contributed by atoms with Crippen LogP contribution in [0.15, 0.2) is 24.4 Å². The number of aromatic nitrogens is 2. The highest BCUT2D eigenvalue weighted by atomic mass is 35.5. The van der Waals surface area contributed by atoms with E-state index in [1.54, 1.807) is 12.3 Å². The van der Waals surface area contributed by atoms with Gasteiger partial charge in [0.05, 0.1) is 11.4 Å². The Balaban J connectivity index is 1.98. The van der Waals surface area contributed by atoms with E-state index >= 15 is 0 Å². The third-order valence-corrected chi connectivity index (χ3v) is 3.36. The molecule has 1 aromatic heterocycles. The van der Waals surface area contributed by atoms with Crippen molar-refractivity contribution in [3.8, 4) is 0 Å². The number of nitrogens with one attached hydrogen (secondary N) is 1. The van der Waals surface area contributed by atoms with E-state index in [9.17, 15) is 0 Å². The van der Waals surface area contributed by atoms with Crippen molar-refractivity contribution in [2.24, 2.45) is 0 Å². The second kappa shape index (κ2) is 6.22. The molecule has 0 saturated heterocycles. The molecule has 0 spiro atoms. The van der Waals surface area contributed by atoms with Gasteiger partial charge in [-0.25, -0.2) is 4.98 Å². The number of halogens is 2. The molecule has 0 radical (unpaired) electrons. The molecule has 19 heavy (non-hydrogen) atoms. The lowest BCUT2D eigenvalue weighted by Crippen LogP contribution is -2.09. The van der Waals surface area contributed by atoms with Gasteiger partial charge in [0.25, 0.3) is 0 Å². The van der Waals surface area contributed by atoms with E-state index in [2.05, 4.69) is 15.3 Å². The predicted molar refractivity (Wildman–Crippen MR) is 80.2 cm³/mol. The first-order valence-electron chi connectivity index (χ1n) is 6.04. The molecule has 1 aromatic carbocycles. The molecule has 0 aliphatic rings. The van der Waals surface area contributed by atoms with Crippen LogP contribution >= 0.6 is 23.2 Å². The van der Waals surface area contributed by atoms with Gasteiger partial charge in [-0.1, -0.05) is 29.3 Å². The number of aryl methyl sites for hydroxylation is 2. The van der Waals surface area contributed by atoms with E-state index in [4.69, 9.17) is 23.2 Å². The van der Waals surface area contributed by atoms with Crippen LogP contribution < -0.4 is 5.32 Å². The first kappa shape index (κ1) is 14.1. The Labute approximate surface area is 123 Å². The van der Waals surface area contributed by atoms with Crippen LogP contribution in [0.1, 0.15) is 17.0 Å². The number of benzene rings is 1. The fraction of sp³-hybridized carbons (Fsp3) is 0.286. The average molecular weight is 296 g/mol. The van der Waals surface area contributed by atoms with E-state index in [0.29, 0.717) is 10.0 Å². The summed E-state index contributed by atoms with van der Waals surface area (Å²) in [7, 11) is 0. The molecule has 0 atom stereocenters. The van der Waals surface area contributed by atoms with Crippen LogP contribution in [0.2, 0.25) is 10.0 Å². The molecule has 2 aromatic rings. The lowest BCUT2D eigenvalue weighted by Gasteiger charge is -2.09. The molecule has 0 aliphatic heterocycles. The molecule has 0 amide bonds. The highest BCUT2D eigenvalue weighted by Crippen LogP contribution is 2.21. The van der Waals surface area contributed by atoms with Crippen LogP contribution in [0, 0.1) is 13.8 Å². The zero-order valence-electron chi connectivity index (χ0n) is 10.9. The third kappa shape index (κ3) is 3.82. The summed E-state index contributed by atoms with van der Waals surface area (Å²) < 4.78 is 0. The zero-order chi connectivity index (χ0) is 13.8. The molecule has 1 N–H and O–H groups in total. The predicted octanol–water partition coefficient (Wildman–Crippen LogP) is 4.05. The number of nitrogens with zero attached hydrogens (tertiary/aromatic N) is 2. The van der Waals surface area contributed by atoms with Crippen LogP contribution in [0.3, 0.4) is 0 Å². The molecule has 0 saturated carbocycles. The maximum atomic E-state index is 6.13. The van der Waals surface area contributed by atoms with Crippen molar-refractivity contribution < 1.29 is 0 Å². The van der Waals surface area contributed by atoms with Crippen molar-refractivity contribution in [2.45, 2.75) is 20.3 Å². The van der Waals surface area contributed by atoms with Gasteiger partial charge < -0.3 is 5.32 Å². The maximum absolute atomic E-state index is 6.13. The van der Waals surface area contributed by atoms with Crippen molar-refractivity contribution >= 4 is 29.0 Å². The summed E-state index contributed by atoms with van der Waals surface area (Å²) in [5, 5.41) is 4.63. The van der Waals surface area contributed by atoms with E-state index in [-0.39, 0.29) is 0 Å². The molecule has 5 heteroatoms. The molecule has 0 aliphatic carbocycles. The first-order valence-corrected chi connectivity index (χ1v) is 6.80. The average Bonchev–Trinajstić information content (AvgIpc) is 2.36. The summed E-state index contributed by atoms with van der Waals surface area (Å²) in [6, 6.07) is 5.55. The standard InChI is InChI=1S/C14H15Cl2N3/c1-9-8-18-10(2)14(19-9)17-6-5-11-3-4-12(15)7-13(11)16/h3-4,7-8H,5-6H2,1-2H3,(H,17,19). The number of anilines is 1. The van der Waals surface area contributed by atoms with Gasteiger partial charge in [-0.3, -0.25) is 4.98 Å². The Morgan fingerprint density at radius 1 is 1.21 bits per heavy atom. The molecule has 3 nitrogen and oxygen atoms in total. The summed E-state index contributed by atoms with van der Waals surface area (Å²) in [5.41, 5.74) is 2.86. The smallest absolute Gasteiger partial charge is 0.147 e. The first-order chi connectivity index (χ1) is 9.06. The summed E-state index contributed by atoms with van der Waals surface area (Å²) in [6.07, 6.45) is 2.57. The van der Waals surface area contributed by atoms with Crippen LogP contribution in [-0.2, 0) is 6.42 Å². The van der Waals surface area contributed by atoms with E-state index in [1.807, 2.05) is 26.0 Å². The second-order valence-corrected chi connectivity index (χ2v) is 5.20. The maximum Gasteiger partial charge on any atom is 0.147 e. The Morgan fingerprint density at radius 3 is 2.74 bits per heavy atom. The monoisotopic (exact) mass is 295 g/mol. The van der Waals surface area contributed by atoms with Gasteiger partial charge in [0.15, 0.2) is 0 Å². The van der Waals surface area contributed by atoms with E-state index in [1.165, 1.54) is 0 Å². The van der Waals surface area contributed by atoms with Crippen molar-refractivity contribution in [3.63, 3.8) is 0 Å².